The van der Waals surface area contributed by atoms with E-state index in [1.807, 2.05) is 6.92 Å². The maximum Gasteiger partial charge on any atom is 0.180 e. The Hall–Kier alpha value is -1.21. The first-order valence-corrected chi connectivity index (χ1v) is 6.92. The van der Waals surface area contributed by atoms with Crippen LogP contribution in [0.15, 0.2) is 15.4 Å². The van der Waals surface area contributed by atoms with Gasteiger partial charge in [0, 0.05) is 12.5 Å². The molecule has 0 aromatic carbocycles. The van der Waals surface area contributed by atoms with Gasteiger partial charge < -0.3 is 5.73 Å². The maximum atomic E-state index is 5.75. The Morgan fingerprint density at radius 2 is 2.18 bits per heavy atom. The molecule has 2 N–H and O–H groups in total. The molecule has 0 atom stereocenters. The number of nitrogens with two attached hydrogens (primary N) is 1. The molecule has 0 aliphatic heterocycles. The van der Waals surface area contributed by atoms with Crippen molar-refractivity contribution >= 4 is 28.9 Å². The van der Waals surface area contributed by atoms with Gasteiger partial charge in [-0.3, -0.25) is 0 Å². The minimum absolute atomic E-state index is 0.507. The van der Waals surface area contributed by atoms with Gasteiger partial charge in [0.15, 0.2) is 4.34 Å². The second kappa shape index (κ2) is 5.42. The van der Waals surface area contributed by atoms with Crippen LogP contribution in [0.25, 0.3) is 0 Å². The minimum atomic E-state index is 0.507. The number of nitrogen functional groups attached to an aromatic ring is 1. The van der Waals surface area contributed by atoms with Crippen molar-refractivity contribution in [2.75, 3.05) is 5.73 Å². The first-order valence-electron chi connectivity index (χ1n) is 5.28. The summed E-state index contributed by atoms with van der Waals surface area (Å²) in [6.45, 7) is 4.02. The smallest absolute Gasteiger partial charge is 0.180 e. The van der Waals surface area contributed by atoms with E-state index < -0.39 is 0 Å². The highest BCUT2D eigenvalue weighted by atomic mass is 32.2. The summed E-state index contributed by atoms with van der Waals surface area (Å²) >= 11 is 3.02. The van der Waals surface area contributed by atoms with Crippen molar-refractivity contribution in [1.29, 1.82) is 0 Å². The van der Waals surface area contributed by atoms with Gasteiger partial charge in [-0.05, 0) is 25.1 Å². The molecule has 0 unspecified atom stereocenters. The van der Waals surface area contributed by atoms with E-state index in [1.165, 1.54) is 11.8 Å². The van der Waals surface area contributed by atoms with Crippen molar-refractivity contribution in [3.8, 4) is 0 Å². The minimum Gasteiger partial charge on any atom is -0.384 e. The van der Waals surface area contributed by atoms with Gasteiger partial charge in [-0.2, -0.15) is 0 Å². The highest BCUT2D eigenvalue weighted by Crippen LogP contribution is 2.29. The fourth-order valence-corrected chi connectivity index (χ4v) is 3.08. The molecule has 2 aromatic rings. The molecule has 0 amide bonds. The van der Waals surface area contributed by atoms with Gasteiger partial charge in [-0.15, -0.1) is 10.2 Å². The molecule has 0 aliphatic carbocycles. The zero-order chi connectivity index (χ0) is 12.3. The molecular formula is C10H13N5S2. The fourth-order valence-electron chi connectivity index (χ4n) is 1.29. The zero-order valence-corrected chi connectivity index (χ0v) is 11.3. The highest BCUT2D eigenvalue weighted by Gasteiger charge is 2.07. The van der Waals surface area contributed by atoms with Crippen LogP contribution in [0.5, 0.6) is 0 Å². The molecule has 90 valence electrons. The van der Waals surface area contributed by atoms with Gasteiger partial charge in [0.25, 0.3) is 0 Å². The van der Waals surface area contributed by atoms with Crippen LogP contribution >= 0.6 is 23.1 Å². The number of rotatable bonds is 4. The molecule has 0 saturated heterocycles. The highest BCUT2D eigenvalue weighted by molar-refractivity contribution is 8.01. The molecule has 7 heteroatoms. The van der Waals surface area contributed by atoms with Gasteiger partial charge in [0.1, 0.15) is 21.7 Å². The summed E-state index contributed by atoms with van der Waals surface area (Å²) < 4.78 is 0.878. The van der Waals surface area contributed by atoms with Gasteiger partial charge in [0.05, 0.1) is 0 Å². The molecule has 2 aromatic heterocycles. The van der Waals surface area contributed by atoms with E-state index in [2.05, 4.69) is 27.1 Å². The van der Waals surface area contributed by atoms with Crippen LogP contribution in [0.1, 0.15) is 24.2 Å². The number of nitrogens with zero attached hydrogens (tertiary/aromatic N) is 4. The molecule has 0 bridgehead atoms. The Kier molecular flexibility index (Phi) is 3.90. The van der Waals surface area contributed by atoms with Crippen molar-refractivity contribution in [1.82, 2.24) is 20.2 Å². The Labute approximate surface area is 108 Å². The van der Waals surface area contributed by atoms with Crippen LogP contribution in [0.4, 0.5) is 5.82 Å². The van der Waals surface area contributed by atoms with Crippen LogP contribution in [0.3, 0.4) is 0 Å². The van der Waals surface area contributed by atoms with E-state index in [-0.39, 0.29) is 0 Å². The van der Waals surface area contributed by atoms with Gasteiger partial charge in [0.2, 0.25) is 0 Å². The number of hydrogen-bond donors (Lipinski definition) is 1. The summed E-state index contributed by atoms with van der Waals surface area (Å²) in [6.07, 6.45) is 1.85. The predicted octanol–water partition coefficient (Wildman–Crippen LogP) is 2.32. The average molecular weight is 267 g/mol. The Bertz CT molecular complexity index is 511. The number of aromatic nitrogens is 4. The maximum absolute atomic E-state index is 5.75. The van der Waals surface area contributed by atoms with Gasteiger partial charge in [-0.25, -0.2) is 9.97 Å². The second-order valence-electron chi connectivity index (χ2n) is 3.49. The first-order chi connectivity index (χ1) is 8.17. The van der Waals surface area contributed by atoms with Crippen LogP contribution in [-0.2, 0) is 6.42 Å². The third kappa shape index (κ3) is 3.37. The van der Waals surface area contributed by atoms with Crippen molar-refractivity contribution < 1.29 is 0 Å². The lowest BCUT2D eigenvalue weighted by atomic mass is 10.3. The molecule has 2 heterocycles. The summed E-state index contributed by atoms with van der Waals surface area (Å²) in [6, 6.07) is 1.76. The lowest BCUT2D eigenvalue weighted by molar-refractivity contribution is 0.813. The van der Waals surface area contributed by atoms with Crippen LogP contribution in [0.2, 0.25) is 0 Å². The van der Waals surface area contributed by atoms with Crippen LogP contribution in [-0.4, -0.2) is 20.2 Å². The lowest BCUT2D eigenvalue weighted by Gasteiger charge is -2.02. The predicted molar refractivity (Wildman–Crippen MR) is 69.2 cm³/mol. The van der Waals surface area contributed by atoms with E-state index in [4.69, 9.17) is 5.73 Å². The zero-order valence-electron chi connectivity index (χ0n) is 9.67. The van der Waals surface area contributed by atoms with Gasteiger partial charge in [-0.1, -0.05) is 18.3 Å². The SMILES string of the molecule is CCCc1nc(N)cc(Sc2nnc(C)s2)n1. The van der Waals surface area contributed by atoms with E-state index >= 15 is 0 Å². The lowest BCUT2D eigenvalue weighted by Crippen LogP contribution is -2.00. The molecular weight excluding hydrogens is 254 g/mol. The third-order valence-corrected chi connectivity index (χ3v) is 3.75. The molecule has 5 nitrogen and oxygen atoms in total. The number of aryl methyl sites for hydroxylation is 2. The largest absolute Gasteiger partial charge is 0.384 e. The summed E-state index contributed by atoms with van der Waals surface area (Å²) in [5.74, 6) is 1.29. The molecule has 0 spiro atoms. The Balaban J connectivity index is 2.20. The van der Waals surface area contributed by atoms with E-state index in [0.29, 0.717) is 5.82 Å². The summed E-state index contributed by atoms with van der Waals surface area (Å²) in [5.41, 5.74) is 5.75. The van der Waals surface area contributed by atoms with Crippen molar-refractivity contribution in [3.63, 3.8) is 0 Å². The van der Waals surface area contributed by atoms with Crippen molar-refractivity contribution in [2.24, 2.45) is 0 Å². The summed E-state index contributed by atoms with van der Waals surface area (Å²) in [5, 5.41) is 9.79. The van der Waals surface area contributed by atoms with Gasteiger partial charge >= 0.3 is 0 Å². The molecule has 17 heavy (non-hydrogen) atoms. The monoisotopic (exact) mass is 267 g/mol. The van der Waals surface area contributed by atoms with Crippen molar-refractivity contribution in [2.45, 2.75) is 36.1 Å². The molecule has 2 rings (SSSR count). The summed E-state index contributed by atoms with van der Waals surface area (Å²) in [4.78, 5) is 8.63. The molecule has 0 aliphatic rings. The first kappa shape index (κ1) is 12.3. The Morgan fingerprint density at radius 1 is 1.35 bits per heavy atom. The van der Waals surface area contributed by atoms with E-state index in [1.54, 1.807) is 17.4 Å². The molecule has 0 fully saturated rings. The normalized spacial score (nSPS) is 10.7. The van der Waals surface area contributed by atoms with Crippen LogP contribution < -0.4 is 5.73 Å². The third-order valence-electron chi connectivity index (χ3n) is 1.94. The second-order valence-corrected chi connectivity index (χ2v) is 5.94. The fraction of sp³-hybridized carbons (Fsp3) is 0.400. The van der Waals surface area contributed by atoms with E-state index in [9.17, 15) is 0 Å². The van der Waals surface area contributed by atoms with E-state index in [0.717, 1.165) is 33.0 Å². The number of hydrogen-bond acceptors (Lipinski definition) is 7. The molecule has 0 saturated carbocycles. The summed E-state index contributed by atoms with van der Waals surface area (Å²) in [7, 11) is 0. The molecule has 0 radical (unpaired) electrons. The average Bonchev–Trinajstić information content (AvgIpc) is 2.63. The number of anilines is 1. The topological polar surface area (TPSA) is 77.6 Å². The Morgan fingerprint density at radius 3 is 2.82 bits per heavy atom. The standard InChI is InChI=1S/C10H13N5S2/c1-3-4-8-12-7(11)5-9(13-8)17-10-15-14-6(2)16-10/h5H,3-4H2,1-2H3,(H2,11,12,13). The quantitative estimate of drug-likeness (QED) is 0.857. The van der Waals surface area contributed by atoms with Crippen molar-refractivity contribution in [3.05, 3.63) is 16.9 Å². The van der Waals surface area contributed by atoms with Crippen LogP contribution in [0, 0.1) is 6.92 Å².